The Kier molecular flexibility index (Phi) is 7.44. The summed E-state index contributed by atoms with van der Waals surface area (Å²) < 4.78 is 16.8. The van der Waals surface area contributed by atoms with Gasteiger partial charge in [-0.15, -0.1) is 0 Å². The number of nitro benzene ring substituents is 2. The van der Waals surface area contributed by atoms with Gasteiger partial charge in [-0.1, -0.05) is 11.6 Å². The Bertz CT molecular complexity index is 1360. The first-order valence-electron chi connectivity index (χ1n) is 11.1. The van der Waals surface area contributed by atoms with Crippen LogP contribution in [0.25, 0.3) is 0 Å². The van der Waals surface area contributed by atoms with E-state index in [0.717, 1.165) is 11.1 Å². The molecule has 11 nitrogen and oxygen atoms in total. The van der Waals surface area contributed by atoms with Gasteiger partial charge in [-0.05, 0) is 53.9 Å². The standard InChI is InChI=1S/C25H22ClN3O8/c1-35-23-11-15-9-10-27(25(30)20-12-16(26)3-8-21(20)29(33)34)22(19(15)13-24(23)36-2)14-37-18-6-4-17(5-7-18)28(31)32/h3-8,11-13,22H,9-10,14H2,1-2H3/t22-/m0/s1. The highest BCUT2D eigenvalue weighted by Gasteiger charge is 2.36. The van der Waals surface area contributed by atoms with Gasteiger partial charge in [0.2, 0.25) is 0 Å². The Morgan fingerprint density at radius 2 is 1.68 bits per heavy atom. The van der Waals surface area contributed by atoms with Crippen molar-refractivity contribution < 1.29 is 28.9 Å². The van der Waals surface area contributed by atoms with Crippen molar-refractivity contribution in [1.29, 1.82) is 0 Å². The molecule has 0 saturated carbocycles. The van der Waals surface area contributed by atoms with Crippen molar-refractivity contribution in [1.82, 2.24) is 4.90 Å². The number of benzene rings is 3. The lowest BCUT2D eigenvalue weighted by atomic mass is 9.91. The van der Waals surface area contributed by atoms with E-state index in [2.05, 4.69) is 0 Å². The van der Waals surface area contributed by atoms with Gasteiger partial charge in [-0.2, -0.15) is 0 Å². The molecule has 1 amide bonds. The van der Waals surface area contributed by atoms with E-state index in [-0.39, 0.29) is 35.1 Å². The van der Waals surface area contributed by atoms with E-state index in [4.69, 9.17) is 25.8 Å². The van der Waals surface area contributed by atoms with E-state index >= 15 is 0 Å². The van der Waals surface area contributed by atoms with Crippen molar-refractivity contribution in [3.8, 4) is 17.2 Å². The third kappa shape index (κ3) is 5.26. The fourth-order valence-corrected chi connectivity index (χ4v) is 4.46. The normalized spacial score (nSPS) is 14.5. The molecule has 1 heterocycles. The number of methoxy groups -OCH3 is 2. The van der Waals surface area contributed by atoms with Crippen LogP contribution in [0.1, 0.15) is 27.5 Å². The minimum Gasteiger partial charge on any atom is -0.493 e. The summed E-state index contributed by atoms with van der Waals surface area (Å²) in [4.78, 5) is 36.6. The summed E-state index contributed by atoms with van der Waals surface area (Å²) in [6, 6.07) is 12.3. The van der Waals surface area contributed by atoms with Gasteiger partial charge < -0.3 is 19.1 Å². The number of nitrogens with zero attached hydrogens (tertiary/aromatic N) is 3. The minimum absolute atomic E-state index is 0.0274. The van der Waals surface area contributed by atoms with Crippen LogP contribution in [0.4, 0.5) is 11.4 Å². The van der Waals surface area contributed by atoms with Crippen LogP contribution >= 0.6 is 11.6 Å². The van der Waals surface area contributed by atoms with E-state index < -0.39 is 21.8 Å². The van der Waals surface area contributed by atoms with E-state index in [0.29, 0.717) is 23.7 Å². The van der Waals surface area contributed by atoms with Crippen LogP contribution < -0.4 is 14.2 Å². The van der Waals surface area contributed by atoms with Gasteiger partial charge in [0.05, 0.1) is 30.1 Å². The molecule has 0 radical (unpaired) electrons. The van der Waals surface area contributed by atoms with Crippen LogP contribution in [0.3, 0.4) is 0 Å². The van der Waals surface area contributed by atoms with E-state index in [1.165, 1.54) is 61.6 Å². The molecule has 37 heavy (non-hydrogen) atoms. The fourth-order valence-electron chi connectivity index (χ4n) is 4.28. The number of carbonyl (C=O) groups is 1. The lowest BCUT2D eigenvalue weighted by Gasteiger charge is -2.37. The number of carbonyl (C=O) groups excluding carboxylic acids is 1. The number of hydrogen-bond donors (Lipinski definition) is 0. The maximum atomic E-state index is 13.7. The quantitative estimate of drug-likeness (QED) is 0.295. The van der Waals surface area contributed by atoms with Gasteiger partial charge in [-0.3, -0.25) is 25.0 Å². The summed E-state index contributed by atoms with van der Waals surface area (Å²) in [6.45, 7) is 0.222. The zero-order valence-corrected chi connectivity index (χ0v) is 20.6. The largest absolute Gasteiger partial charge is 0.493 e. The molecule has 4 rings (SSSR count). The van der Waals surface area contributed by atoms with Crippen LogP contribution in [-0.4, -0.2) is 48.0 Å². The highest BCUT2D eigenvalue weighted by Crippen LogP contribution is 2.39. The van der Waals surface area contributed by atoms with Crippen molar-refractivity contribution in [2.75, 3.05) is 27.4 Å². The molecule has 1 aliphatic heterocycles. The molecule has 0 saturated heterocycles. The lowest BCUT2D eigenvalue weighted by Crippen LogP contribution is -2.42. The number of fused-ring (bicyclic) bond motifs is 1. The predicted octanol–water partition coefficient (Wildman–Crippen LogP) is 4.99. The van der Waals surface area contributed by atoms with Crippen LogP contribution in [-0.2, 0) is 6.42 Å². The number of non-ortho nitro benzene ring substituents is 1. The van der Waals surface area contributed by atoms with Crippen molar-refractivity contribution in [2.24, 2.45) is 0 Å². The SMILES string of the molecule is COc1cc2c(cc1OC)[C@H](COc1ccc([N+](=O)[O-])cc1)N(C(=O)c1cc(Cl)ccc1[N+](=O)[O-])CC2. The zero-order chi connectivity index (χ0) is 26.7. The Balaban J connectivity index is 1.74. The summed E-state index contributed by atoms with van der Waals surface area (Å²) in [7, 11) is 3.02. The number of ether oxygens (including phenoxy) is 3. The van der Waals surface area contributed by atoms with E-state index in [1.54, 1.807) is 6.07 Å². The first-order chi connectivity index (χ1) is 17.7. The molecule has 0 unspecified atom stereocenters. The Morgan fingerprint density at radius 3 is 2.30 bits per heavy atom. The van der Waals surface area contributed by atoms with Gasteiger partial charge in [0.15, 0.2) is 11.5 Å². The molecule has 0 aliphatic carbocycles. The molecule has 0 aromatic heterocycles. The summed E-state index contributed by atoms with van der Waals surface area (Å²) in [6.07, 6.45) is 0.462. The van der Waals surface area contributed by atoms with Gasteiger partial charge in [0.25, 0.3) is 17.3 Å². The van der Waals surface area contributed by atoms with Gasteiger partial charge in [0.1, 0.15) is 17.9 Å². The second kappa shape index (κ2) is 10.7. The highest BCUT2D eigenvalue weighted by atomic mass is 35.5. The van der Waals surface area contributed by atoms with Gasteiger partial charge in [0, 0.05) is 29.8 Å². The number of nitro groups is 2. The predicted molar refractivity (Wildman–Crippen MR) is 134 cm³/mol. The molecule has 3 aromatic rings. The monoisotopic (exact) mass is 527 g/mol. The second-order valence-electron chi connectivity index (χ2n) is 8.15. The first-order valence-corrected chi connectivity index (χ1v) is 11.5. The Hall–Kier alpha value is -4.38. The molecular formula is C25H22ClN3O8. The number of amides is 1. The first kappa shape index (κ1) is 25.7. The lowest BCUT2D eigenvalue weighted by molar-refractivity contribution is -0.385. The number of rotatable bonds is 8. The Morgan fingerprint density at radius 1 is 1.00 bits per heavy atom. The fraction of sp³-hybridized carbons (Fsp3) is 0.240. The average molecular weight is 528 g/mol. The van der Waals surface area contributed by atoms with Crippen molar-refractivity contribution in [3.63, 3.8) is 0 Å². The summed E-state index contributed by atoms with van der Waals surface area (Å²) in [5, 5.41) is 22.8. The van der Waals surface area contributed by atoms with E-state index in [1.807, 2.05) is 6.07 Å². The van der Waals surface area contributed by atoms with Gasteiger partial charge in [-0.25, -0.2) is 0 Å². The molecule has 12 heteroatoms. The van der Waals surface area contributed by atoms with Gasteiger partial charge >= 0.3 is 0 Å². The van der Waals surface area contributed by atoms with Crippen LogP contribution in [0.5, 0.6) is 17.2 Å². The van der Waals surface area contributed by atoms with Crippen molar-refractivity contribution >= 4 is 28.9 Å². The van der Waals surface area contributed by atoms with Crippen LogP contribution in [0.15, 0.2) is 54.6 Å². The zero-order valence-electron chi connectivity index (χ0n) is 19.9. The smallest absolute Gasteiger partial charge is 0.282 e. The third-order valence-corrected chi connectivity index (χ3v) is 6.34. The third-order valence-electron chi connectivity index (χ3n) is 6.10. The molecule has 0 spiro atoms. The highest BCUT2D eigenvalue weighted by molar-refractivity contribution is 6.31. The molecule has 0 bridgehead atoms. The summed E-state index contributed by atoms with van der Waals surface area (Å²) in [5.41, 5.74) is 1.05. The topological polar surface area (TPSA) is 134 Å². The molecule has 3 aromatic carbocycles. The molecule has 1 aliphatic rings. The molecule has 0 N–H and O–H groups in total. The summed E-state index contributed by atoms with van der Waals surface area (Å²) >= 11 is 6.07. The molecule has 0 fully saturated rings. The number of hydrogen-bond acceptors (Lipinski definition) is 8. The molecular weight excluding hydrogens is 506 g/mol. The maximum absolute atomic E-state index is 13.7. The average Bonchev–Trinajstić information content (AvgIpc) is 2.90. The van der Waals surface area contributed by atoms with Crippen LogP contribution in [0.2, 0.25) is 5.02 Å². The van der Waals surface area contributed by atoms with Crippen molar-refractivity contribution in [3.05, 3.63) is 96.5 Å². The summed E-state index contributed by atoms with van der Waals surface area (Å²) in [5.74, 6) is 0.762. The molecule has 192 valence electrons. The Labute approximate surface area is 216 Å². The molecule has 1 atom stereocenters. The van der Waals surface area contributed by atoms with E-state index in [9.17, 15) is 25.0 Å². The maximum Gasteiger partial charge on any atom is 0.282 e. The second-order valence-corrected chi connectivity index (χ2v) is 8.59. The number of halogens is 1. The van der Waals surface area contributed by atoms with Crippen molar-refractivity contribution in [2.45, 2.75) is 12.5 Å². The van der Waals surface area contributed by atoms with Crippen LogP contribution in [0, 0.1) is 20.2 Å². The minimum atomic E-state index is -0.662.